The molecule has 4 rings (SSSR count). The molecule has 0 atom stereocenters. The third-order valence-corrected chi connectivity index (χ3v) is 5.20. The molecule has 1 aliphatic rings. The molecule has 0 spiro atoms. The van der Waals surface area contributed by atoms with Crippen LogP contribution in [0.5, 0.6) is 0 Å². The molecule has 0 unspecified atom stereocenters. The molecule has 27 heavy (non-hydrogen) atoms. The van der Waals surface area contributed by atoms with Crippen molar-refractivity contribution in [2.24, 2.45) is 0 Å². The quantitative estimate of drug-likeness (QED) is 0.632. The highest BCUT2D eigenvalue weighted by Gasteiger charge is 2.31. The number of para-hydroxylation sites is 1. The number of carbonyl (C=O) groups excluding carboxylic acids is 2. The maximum Gasteiger partial charge on any atom is 0.413 e. The van der Waals surface area contributed by atoms with E-state index in [4.69, 9.17) is 4.74 Å². The second-order valence-corrected chi connectivity index (χ2v) is 7.16. The van der Waals surface area contributed by atoms with Crippen LogP contribution in [0.3, 0.4) is 0 Å². The fourth-order valence-electron chi connectivity index (χ4n) is 2.92. The molecule has 0 bridgehead atoms. The van der Waals surface area contributed by atoms with Gasteiger partial charge in [0.25, 0.3) is 0 Å². The van der Waals surface area contributed by atoms with Crippen LogP contribution in [-0.2, 0) is 9.53 Å². The molecule has 0 saturated heterocycles. The maximum atomic E-state index is 11.9. The summed E-state index contributed by atoms with van der Waals surface area (Å²) in [5.41, 5.74) is 2.04. The van der Waals surface area contributed by atoms with Gasteiger partial charge in [-0.05, 0) is 25.8 Å². The number of alkyl carbamates (subject to hydrolysis) is 1. The van der Waals surface area contributed by atoms with Gasteiger partial charge in [-0.25, -0.2) is 4.79 Å². The summed E-state index contributed by atoms with van der Waals surface area (Å²) in [4.78, 5) is 26.5. The summed E-state index contributed by atoms with van der Waals surface area (Å²) < 4.78 is 6.81. The van der Waals surface area contributed by atoms with Crippen LogP contribution in [0.25, 0.3) is 22.3 Å². The predicted octanol–water partition coefficient (Wildman–Crippen LogP) is 3.13. The lowest BCUT2D eigenvalue weighted by atomic mass is 10.1. The van der Waals surface area contributed by atoms with Crippen molar-refractivity contribution in [3.8, 4) is 11.4 Å². The Labute approximate surface area is 159 Å². The first kappa shape index (κ1) is 17.6. The monoisotopic (exact) mass is 385 g/mol. The molecule has 140 valence electrons. The predicted molar refractivity (Wildman–Crippen MR) is 101 cm³/mol. The normalized spacial score (nSPS) is 13.7. The molecule has 9 heteroatoms. The summed E-state index contributed by atoms with van der Waals surface area (Å²) in [5.74, 6) is 0.443. The summed E-state index contributed by atoms with van der Waals surface area (Å²) in [6, 6.07) is 8.39. The van der Waals surface area contributed by atoms with E-state index in [9.17, 15) is 9.59 Å². The Bertz CT molecular complexity index is 992. The Morgan fingerprint density at radius 2 is 2.15 bits per heavy atom. The lowest BCUT2D eigenvalue weighted by Gasteiger charge is -2.08. The lowest BCUT2D eigenvalue weighted by Crippen LogP contribution is -2.32. The summed E-state index contributed by atoms with van der Waals surface area (Å²) >= 11 is 1.27. The number of rotatable bonds is 6. The van der Waals surface area contributed by atoms with Crippen molar-refractivity contribution in [3.63, 3.8) is 0 Å². The van der Waals surface area contributed by atoms with Crippen molar-refractivity contribution >= 4 is 34.7 Å². The fourth-order valence-corrected chi connectivity index (χ4v) is 3.73. The molecule has 8 nitrogen and oxygen atoms in total. The molecular formula is C18H19N5O3S. The molecular weight excluding hydrogens is 366 g/mol. The van der Waals surface area contributed by atoms with Crippen molar-refractivity contribution < 1.29 is 14.3 Å². The molecule has 3 aromatic rings. The smallest absolute Gasteiger partial charge is 0.413 e. The number of thioether (sulfide) groups is 1. The number of aromatic nitrogens is 4. The second-order valence-electron chi connectivity index (χ2n) is 6.21. The number of fused-ring (bicyclic) bond motifs is 1. The number of carbonyl (C=O) groups is 2. The second kappa shape index (κ2) is 7.43. The van der Waals surface area contributed by atoms with Crippen molar-refractivity contribution in [3.05, 3.63) is 30.5 Å². The number of aromatic amines is 1. The van der Waals surface area contributed by atoms with E-state index >= 15 is 0 Å². The summed E-state index contributed by atoms with van der Waals surface area (Å²) in [6.45, 7) is 1.90. The minimum absolute atomic E-state index is 0.0670. The topological polar surface area (TPSA) is 102 Å². The molecule has 2 aromatic heterocycles. The number of hydrogen-bond donors (Lipinski definition) is 2. The van der Waals surface area contributed by atoms with Gasteiger partial charge in [0.1, 0.15) is 0 Å². The number of hydrogen-bond acceptors (Lipinski definition) is 6. The van der Waals surface area contributed by atoms with E-state index in [-0.39, 0.29) is 12.4 Å². The van der Waals surface area contributed by atoms with E-state index in [0.29, 0.717) is 11.2 Å². The van der Waals surface area contributed by atoms with Crippen LogP contribution in [0.4, 0.5) is 4.79 Å². The van der Waals surface area contributed by atoms with Crippen molar-refractivity contribution in [1.29, 1.82) is 0 Å². The van der Waals surface area contributed by atoms with Crippen LogP contribution in [0.1, 0.15) is 25.8 Å². The molecule has 2 heterocycles. The average Bonchev–Trinajstić information content (AvgIpc) is 3.26. The van der Waals surface area contributed by atoms with Gasteiger partial charge < -0.3 is 9.72 Å². The van der Waals surface area contributed by atoms with E-state index in [2.05, 4.69) is 25.1 Å². The largest absolute Gasteiger partial charge is 0.450 e. The fraction of sp³-hybridized carbons (Fsp3) is 0.333. The van der Waals surface area contributed by atoms with Crippen LogP contribution >= 0.6 is 11.8 Å². The number of ether oxygens (including phenoxy) is 1. The first-order valence-electron chi connectivity index (χ1n) is 8.78. The zero-order valence-corrected chi connectivity index (χ0v) is 15.6. The van der Waals surface area contributed by atoms with Gasteiger partial charge in [0, 0.05) is 28.7 Å². The van der Waals surface area contributed by atoms with Gasteiger partial charge >= 0.3 is 6.09 Å². The molecule has 1 saturated carbocycles. The molecule has 1 aliphatic carbocycles. The molecule has 2 N–H and O–H groups in total. The summed E-state index contributed by atoms with van der Waals surface area (Å²) in [6.07, 6.45) is 3.34. The van der Waals surface area contributed by atoms with Crippen molar-refractivity contribution in [2.75, 3.05) is 12.4 Å². The van der Waals surface area contributed by atoms with Crippen LogP contribution in [0, 0.1) is 0 Å². The van der Waals surface area contributed by atoms with Gasteiger partial charge in [0.05, 0.1) is 12.4 Å². The van der Waals surface area contributed by atoms with Crippen LogP contribution in [0.15, 0.2) is 35.6 Å². The highest BCUT2D eigenvalue weighted by Crippen LogP contribution is 2.42. The Balaban J connectivity index is 1.55. The number of nitrogens with one attached hydrogen (secondary N) is 2. The first-order valence-corrected chi connectivity index (χ1v) is 9.76. The Kier molecular flexibility index (Phi) is 4.85. The van der Waals surface area contributed by atoms with Gasteiger partial charge in [-0.3, -0.25) is 14.7 Å². The zero-order chi connectivity index (χ0) is 18.8. The third-order valence-electron chi connectivity index (χ3n) is 4.26. The minimum Gasteiger partial charge on any atom is -0.450 e. The van der Waals surface area contributed by atoms with Crippen LogP contribution in [-0.4, -0.2) is 44.1 Å². The molecule has 0 aliphatic heterocycles. The molecule has 1 fully saturated rings. The van der Waals surface area contributed by atoms with Crippen molar-refractivity contribution in [1.82, 2.24) is 25.1 Å². The summed E-state index contributed by atoms with van der Waals surface area (Å²) in [7, 11) is 0. The standard InChI is InChI=1S/C18H19N5O3S/c1-2-26-18(25)20-15(24)10-27-17-22-21-16(23(17)11-7-8-11)13-9-19-14-6-4-3-5-12(13)14/h3-6,9,11,19H,2,7-8,10H2,1H3,(H,20,24,25). The highest BCUT2D eigenvalue weighted by molar-refractivity contribution is 7.99. The van der Waals surface area contributed by atoms with Gasteiger partial charge in [-0.15, -0.1) is 10.2 Å². The van der Waals surface area contributed by atoms with Gasteiger partial charge in [-0.2, -0.15) is 0 Å². The van der Waals surface area contributed by atoms with E-state index in [1.807, 2.05) is 30.5 Å². The Hall–Kier alpha value is -2.81. The lowest BCUT2D eigenvalue weighted by molar-refractivity contribution is -0.117. The average molecular weight is 385 g/mol. The molecule has 0 radical (unpaired) electrons. The SMILES string of the molecule is CCOC(=O)NC(=O)CSc1nnc(-c2c[nH]c3ccccc23)n1C1CC1. The van der Waals surface area contributed by atoms with Crippen molar-refractivity contribution in [2.45, 2.75) is 31.0 Å². The van der Waals surface area contributed by atoms with Gasteiger partial charge in [0.2, 0.25) is 5.91 Å². The minimum atomic E-state index is -0.730. The molecule has 1 aromatic carbocycles. The van der Waals surface area contributed by atoms with Crippen LogP contribution < -0.4 is 5.32 Å². The Morgan fingerprint density at radius 3 is 2.93 bits per heavy atom. The van der Waals surface area contributed by atoms with E-state index in [1.54, 1.807) is 6.92 Å². The number of nitrogens with zero attached hydrogens (tertiary/aromatic N) is 3. The van der Waals surface area contributed by atoms with Gasteiger partial charge in [-0.1, -0.05) is 30.0 Å². The third kappa shape index (κ3) is 3.68. The maximum absolute atomic E-state index is 11.9. The van der Waals surface area contributed by atoms with E-state index in [0.717, 1.165) is 35.1 Å². The molecule has 2 amide bonds. The summed E-state index contributed by atoms with van der Waals surface area (Å²) in [5, 5.41) is 12.6. The highest BCUT2D eigenvalue weighted by atomic mass is 32.2. The Morgan fingerprint density at radius 1 is 1.33 bits per heavy atom. The van der Waals surface area contributed by atoms with Crippen LogP contribution in [0.2, 0.25) is 0 Å². The number of amides is 2. The zero-order valence-electron chi connectivity index (χ0n) is 14.8. The number of H-pyrrole nitrogens is 1. The van der Waals surface area contributed by atoms with E-state index in [1.165, 1.54) is 11.8 Å². The van der Waals surface area contributed by atoms with Gasteiger partial charge in [0.15, 0.2) is 11.0 Å². The first-order chi connectivity index (χ1) is 13.2. The number of imide groups is 1. The number of benzene rings is 1. The van der Waals surface area contributed by atoms with E-state index < -0.39 is 12.0 Å².